The molecule has 0 fully saturated rings. The molecule has 0 aliphatic rings. The highest BCUT2D eigenvalue weighted by Gasteiger charge is 2.15. The number of benzene rings is 2. The van der Waals surface area contributed by atoms with Gasteiger partial charge in [0.25, 0.3) is 0 Å². The lowest BCUT2D eigenvalue weighted by molar-refractivity contribution is -0.125. The van der Waals surface area contributed by atoms with Crippen molar-refractivity contribution >= 4 is 27.7 Å². The zero-order valence-electron chi connectivity index (χ0n) is 16.0. The summed E-state index contributed by atoms with van der Waals surface area (Å²) in [6.07, 6.45) is 0. The maximum Gasteiger partial charge on any atom is 0.234 e. The molecule has 2 aromatic carbocycles. The lowest BCUT2D eigenvalue weighted by Gasteiger charge is -2.21. The van der Waals surface area contributed by atoms with Crippen molar-refractivity contribution in [2.24, 2.45) is 0 Å². The Morgan fingerprint density at radius 1 is 1.04 bits per heavy atom. The van der Waals surface area contributed by atoms with E-state index in [2.05, 4.69) is 26.6 Å². The molecule has 0 aliphatic heterocycles. The van der Waals surface area contributed by atoms with E-state index >= 15 is 0 Å². The predicted octanol–water partition coefficient (Wildman–Crippen LogP) is 3.40. The predicted molar refractivity (Wildman–Crippen MR) is 111 cm³/mol. The summed E-state index contributed by atoms with van der Waals surface area (Å²) in [5.41, 5.74) is 1.83. The van der Waals surface area contributed by atoms with Crippen LogP contribution in [0.4, 0.5) is 4.39 Å². The summed E-state index contributed by atoms with van der Waals surface area (Å²) in [6, 6.07) is 13.6. The van der Waals surface area contributed by atoms with Crippen molar-refractivity contribution in [3.05, 3.63) is 69.9 Å². The van der Waals surface area contributed by atoms with Gasteiger partial charge in [-0.1, -0.05) is 47.1 Å². The Kier molecular flexibility index (Phi) is 8.60. The van der Waals surface area contributed by atoms with Gasteiger partial charge < -0.3 is 10.6 Å². The fourth-order valence-electron chi connectivity index (χ4n) is 2.67. The molecule has 0 bridgehead atoms. The van der Waals surface area contributed by atoms with Gasteiger partial charge in [-0.3, -0.25) is 14.5 Å². The second kappa shape index (κ2) is 10.9. The van der Waals surface area contributed by atoms with E-state index in [1.54, 1.807) is 17.0 Å². The van der Waals surface area contributed by atoms with E-state index in [1.807, 2.05) is 38.1 Å². The quantitative estimate of drug-likeness (QED) is 0.616. The molecule has 150 valence electrons. The summed E-state index contributed by atoms with van der Waals surface area (Å²) in [6.45, 7) is 4.98. The van der Waals surface area contributed by atoms with Gasteiger partial charge in [-0.2, -0.15) is 0 Å². The van der Waals surface area contributed by atoms with Gasteiger partial charge in [-0.15, -0.1) is 0 Å². The van der Waals surface area contributed by atoms with Gasteiger partial charge in [0.05, 0.1) is 19.1 Å². The Hall–Kier alpha value is -2.25. The topological polar surface area (TPSA) is 61.4 Å². The minimum atomic E-state index is -0.310. The Morgan fingerprint density at radius 2 is 1.64 bits per heavy atom. The summed E-state index contributed by atoms with van der Waals surface area (Å²) >= 11 is 3.39. The molecule has 0 radical (unpaired) electrons. The van der Waals surface area contributed by atoms with E-state index in [-0.39, 0.29) is 36.8 Å². The molecule has 1 unspecified atom stereocenters. The second-order valence-corrected chi connectivity index (χ2v) is 7.46. The van der Waals surface area contributed by atoms with Gasteiger partial charge in [0.15, 0.2) is 0 Å². The Labute approximate surface area is 173 Å². The molecular weight excluding hydrogens is 425 g/mol. The Balaban J connectivity index is 1.78. The van der Waals surface area contributed by atoms with Gasteiger partial charge in [0, 0.05) is 11.0 Å². The lowest BCUT2D eigenvalue weighted by Crippen LogP contribution is -2.43. The third-order valence-corrected chi connectivity index (χ3v) is 4.86. The molecule has 28 heavy (non-hydrogen) atoms. The third kappa shape index (κ3) is 7.40. The van der Waals surface area contributed by atoms with Crippen LogP contribution in [-0.4, -0.2) is 36.3 Å². The minimum absolute atomic E-state index is 0.119. The Bertz CT molecular complexity index is 781. The van der Waals surface area contributed by atoms with Crippen molar-refractivity contribution in [2.75, 3.05) is 19.6 Å². The van der Waals surface area contributed by atoms with Crippen molar-refractivity contribution in [3.8, 4) is 0 Å². The molecular formula is C21H25BrFN3O2. The van der Waals surface area contributed by atoms with E-state index < -0.39 is 0 Å². The smallest absolute Gasteiger partial charge is 0.234 e. The zero-order chi connectivity index (χ0) is 20.5. The molecule has 0 saturated heterocycles. The van der Waals surface area contributed by atoms with Gasteiger partial charge in [0.1, 0.15) is 5.82 Å². The summed E-state index contributed by atoms with van der Waals surface area (Å²) in [7, 11) is 0. The number of nitrogens with zero attached hydrogens (tertiary/aromatic N) is 1. The first-order chi connectivity index (χ1) is 13.4. The highest BCUT2D eigenvalue weighted by atomic mass is 79.9. The molecule has 2 aromatic rings. The van der Waals surface area contributed by atoms with Crippen LogP contribution in [0.15, 0.2) is 53.0 Å². The first-order valence-electron chi connectivity index (χ1n) is 9.15. The molecule has 7 heteroatoms. The van der Waals surface area contributed by atoms with E-state index in [1.165, 1.54) is 12.1 Å². The number of nitrogens with one attached hydrogen (secondary N) is 2. The van der Waals surface area contributed by atoms with Crippen molar-refractivity contribution in [3.63, 3.8) is 0 Å². The zero-order valence-corrected chi connectivity index (χ0v) is 17.6. The average molecular weight is 450 g/mol. The number of amides is 2. The summed E-state index contributed by atoms with van der Waals surface area (Å²) < 4.78 is 13.9. The van der Waals surface area contributed by atoms with E-state index in [0.29, 0.717) is 13.1 Å². The second-order valence-electron chi connectivity index (χ2n) is 6.55. The minimum Gasteiger partial charge on any atom is -0.351 e. The summed E-state index contributed by atoms with van der Waals surface area (Å²) in [5, 5.41) is 5.74. The van der Waals surface area contributed by atoms with E-state index in [4.69, 9.17) is 0 Å². The van der Waals surface area contributed by atoms with Crippen molar-refractivity contribution in [1.82, 2.24) is 15.5 Å². The van der Waals surface area contributed by atoms with Crippen LogP contribution in [0.5, 0.6) is 0 Å². The highest BCUT2D eigenvalue weighted by Crippen LogP contribution is 2.16. The van der Waals surface area contributed by atoms with Gasteiger partial charge in [-0.25, -0.2) is 4.39 Å². The SMILES string of the molecule is CCN(CC(=O)NCc1ccc(F)cc1)CC(=O)NC(C)c1ccc(Br)cc1. The molecule has 0 heterocycles. The van der Waals surface area contributed by atoms with Crippen LogP contribution in [0.1, 0.15) is 31.0 Å². The fraction of sp³-hybridized carbons (Fsp3) is 0.333. The number of halogens is 2. The normalized spacial score (nSPS) is 11.9. The molecule has 0 aromatic heterocycles. The van der Waals surface area contributed by atoms with Gasteiger partial charge in [0.2, 0.25) is 11.8 Å². The van der Waals surface area contributed by atoms with Crippen LogP contribution in [0.2, 0.25) is 0 Å². The van der Waals surface area contributed by atoms with Crippen molar-refractivity contribution in [2.45, 2.75) is 26.4 Å². The maximum atomic E-state index is 12.9. The molecule has 1 atom stereocenters. The van der Waals surface area contributed by atoms with Crippen LogP contribution in [0.3, 0.4) is 0 Å². The molecule has 0 saturated carbocycles. The first kappa shape index (κ1) is 22.0. The third-order valence-electron chi connectivity index (χ3n) is 4.33. The number of hydrogen-bond donors (Lipinski definition) is 2. The number of rotatable bonds is 9. The number of likely N-dealkylation sites (N-methyl/N-ethyl adjacent to an activating group) is 1. The van der Waals surface area contributed by atoms with Gasteiger partial charge in [-0.05, 0) is 48.9 Å². The summed E-state index contributed by atoms with van der Waals surface area (Å²) in [5.74, 6) is -0.626. The lowest BCUT2D eigenvalue weighted by atomic mass is 10.1. The van der Waals surface area contributed by atoms with E-state index in [9.17, 15) is 14.0 Å². The van der Waals surface area contributed by atoms with Crippen LogP contribution >= 0.6 is 15.9 Å². The average Bonchev–Trinajstić information content (AvgIpc) is 2.67. The standard InChI is InChI=1S/C21H25BrFN3O2/c1-3-26(13-20(27)24-12-16-4-10-19(23)11-5-16)14-21(28)25-15(2)17-6-8-18(22)9-7-17/h4-11,15H,3,12-14H2,1-2H3,(H,24,27)(H,25,28). The van der Waals surface area contributed by atoms with Crippen molar-refractivity contribution < 1.29 is 14.0 Å². The number of carbonyl (C=O) groups is 2. The Morgan fingerprint density at radius 3 is 2.25 bits per heavy atom. The van der Waals surface area contributed by atoms with Crippen LogP contribution in [0.25, 0.3) is 0 Å². The van der Waals surface area contributed by atoms with Gasteiger partial charge >= 0.3 is 0 Å². The fourth-order valence-corrected chi connectivity index (χ4v) is 2.93. The number of hydrogen-bond acceptors (Lipinski definition) is 3. The van der Waals surface area contributed by atoms with Crippen molar-refractivity contribution in [1.29, 1.82) is 0 Å². The van der Waals surface area contributed by atoms with Crippen LogP contribution in [-0.2, 0) is 16.1 Å². The first-order valence-corrected chi connectivity index (χ1v) is 9.95. The summed E-state index contributed by atoms with van der Waals surface area (Å²) in [4.78, 5) is 26.2. The highest BCUT2D eigenvalue weighted by molar-refractivity contribution is 9.10. The molecule has 2 rings (SSSR count). The largest absolute Gasteiger partial charge is 0.351 e. The monoisotopic (exact) mass is 449 g/mol. The van der Waals surface area contributed by atoms with Crippen LogP contribution < -0.4 is 10.6 Å². The van der Waals surface area contributed by atoms with Crippen LogP contribution in [0, 0.1) is 5.82 Å². The molecule has 0 aliphatic carbocycles. The number of carbonyl (C=O) groups excluding carboxylic acids is 2. The maximum absolute atomic E-state index is 12.9. The molecule has 5 nitrogen and oxygen atoms in total. The molecule has 2 N–H and O–H groups in total. The van der Waals surface area contributed by atoms with E-state index in [0.717, 1.165) is 15.6 Å². The molecule has 0 spiro atoms. The molecule has 2 amide bonds.